The summed E-state index contributed by atoms with van der Waals surface area (Å²) in [6, 6.07) is 1.15. The van der Waals surface area contributed by atoms with Crippen LogP contribution < -0.4 is 4.74 Å². The summed E-state index contributed by atoms with van der Waals surface area (Å²) in [7, 11) is 0. The number of carbonyl (C=O) groups is 2. The summed E-state index contributed by atoms with van der Waals surface area (Å²) in [5.41, 5.74) is -2.17. The normalized spacial score (nSPS) is 12.0. The van der Waals surface area contributed by atoms with E-state index >= 15 is 0 Å². The zero-order chi connectivity index (χ0) is 15.4. The molecule has 10 heteroatoms. The number of aliphatic carboxylic acids is 1. The highest BCUT2D eigenvalue weighted by Gasteiger charge is 2.28. The Morgan fingerprint density at radius 2 is 2.05 bits per heavy atom. The fourth-order valence-electron chi connectivity index (χ4n) is 1.45. The monoisotopic (exact) mass is 291 g/mol. The first-order valence-corrected chi connectivity index (χ1v) is 4.91. The third-order valence-corrected chi connectivity index (χ3v) is 2.22. The highest BCUT2D eigenvalue weighted by molar-refractivity contribution is 5.86. The number of aliphatic hydroxyl groups is 1. The maximum absolute atomic E-state index is 12.2. The zero-order valence-corrected chi connectivity index (χ0v) is 9.53. The van der Waals surface area contributed by atoms with Crippen LogP contribution in [0.4, 0.5) is 14.5 Å². The number of nitrogens with zero attached hydrogens (tertiary/aromatic N) is 1. The average Bonchev–Trinajstić information content (AvgIpc) is 2.35. The Balaban J connectivity index is 3.55. The van der Waals surface area contributed by atoms with Crippen molar-refractivity contribution in [1.29, 1.82) is 0 Å². The molecule has 0 spiro atoms. The van der Waals surface area contributed by atoms with Gasteiger partial charge in [-0.2, -0.15) is 8.78 Å². The van der Waals surface area contributed by atoms with Gasteiger partial charge in [0.1, 0.15) is 5.75 Å². The lowest BCUT2D eigenvalue weighted by Crippen LogP contribution is -2.16. The lowest BCUT2D eigenvalue weighted by atomic mass is 10.0. The van der Waals surface area contributed by atoms with E-state index in [-0.39, 0.29) is 6.29 Å². The molecule has 108 valence electrons. The lowest BCUT2D eigenvalue weighted by Gasteiger charge is -2.14. The number of alkyl halides is 2. The van der Waals surface area contributed by atoms with E-state index in [1.54, 1.807) is 0 Å². The van der Waals surface area contributed by atoms with Gasteiger partial charge in [-0.15, -0.1) is 0 Å². The van der Waals surface area contributed by atoms with Crippen LogP contribution in [-0.2, 0) is 4.79 Å². The summed E-state index contributed by atoms with van der Waals surface area (Å²) in [5, 5.41) is 28.6. The Morgan fingerprint density at radius 3 is 2.45 bits per heavy atom. The topological polar surface area (TPSA) is 127 Å². The van der Waals surface area contributed by atoms with Crippen LogP contribution in [0.5, 0.6) is 5.75 Å². The van der Waals surface area contributed by atoms with Crippen molar-refractivity contribution in [3.05, 3.63) is 33.4 Å². The molecule has 1 unspecified atom stereocenters. The Kier molecular flexibility index (Phi) is 4.64. The van der Waals surface area contributed by atoms with Gasteiger partial charge in [0.2, 0.25) is 0 Å². The maximum atomic E-state index is 12.2. The van der Waals surface area contributed by atoms with Crippen molar-refractivity contribution < 1.29 is 38.2 Å². The number of nitro groups is 1. The summed E-state index contributed by atoms with van der Waals surface area (Å²) < 4.78 is 28.4. The third kappa shape index (κ3) is 3.23. The summed E-state index contributed by atoms with van der Waals surface area (Å²) >= 11 is 0. The molecule has 1 aromatic rings. The van der Waals surface area contributed by atoms with Crippen LogP contribution >= 0.6 is 0 Å². The zero-order valence-electron chi connectivity index (χ0n) is 9.53. The van der Waals surface area contributed by atoms with Gasteiger partial charge in [-0.3, -0.25) is 14.9 Å². The molecule has 0 aliphatic carbocycles. The number of carboxylic acids is 1. The predicted octanol–water partition coefficient (Wildman–Crippen LogP) is 1.13. The van der Waals surface area contributed by atoms with Crippen LogP contribution in [-0.4, -0.2) is 34.0 Å². The summed E-state index contributed by atoms with van der Waals surface area (Å²) in [5.74, 6) is -2.78. The van der Waals surface area contributed by atoms with E-state index < -0.39 is 46.2 Å². The van der Waals surface area contributed by atoms with Gasteiger partial charge < -0.3 is 14.9 Å². The minimum atomic E-state index is -3.42. The molecule has 0 aliphatic heterocycles. The summed E-state index contributed by atoms with van der Waals surface area (Å²) in [4.78, 5) is 31.1. The number of ether oxygens (including phenoxy) is 1. The molecule has 0 saturated carbocycles. The van der Waals surface area contributed by atoms with Gasteiger partial charge in [0.05, 0.1) is 11.0 Å². The molecule has 0 heterocycles. The smallest absolute Gasteiger partial charge is 0.387 e. The predicted molar refractivity (Wildman–Crippen MR) is 57.7 cm³/mol. The summed E-state index contributed by atoms with van der Waals surface area (Å²) in [6.07, 6.45) is -2.35. The Morgan fingerprint density at radius 1 is 1.45 bits per heavy atom. The highest BCUT2D eigenvalue weighted by Crippen LogP contribution is 2.34. The van der Waals surface area contributed by atoms with Crippen LogP contribution in [0.3, 0.4) is 0 Å². The van der Waals surface area contributed by atoms with E-state index in [9.17, 15) is 33.6 Å². The second-order valence-electron chi connectivity index (χ2n) is 3.44. The maximum Gasteiger partial charge on any atom is 0.387 e. The molecule has 0 radical (unpaired) electrons. The molecular weight excluding hydrogens is 284 g/mol. The van der Waals surface area contributed by atoms with E-state index in [0.717, 1.165) is 0 Å². The van der Waals surface area contributed by atoms with Crippen LogP contribution in [0.1, 0.15) is 22.0 Å². The second-order valence-corrected chi connectivity index (χ2v) is 3.44. The van der Waals surface area contributed by atoms with Gasteiger partial charge >= 0.3 is 12.6 Å². The molecular formula is C10H7F2NO7. The van der Waals surface area contributed by atoms with Crippen LogP contribution in [0.15, 0.2) is 12.1 Å². The minimum absolute atomic E-state index is 0.00712. The van der Waals surface area contributed by atoms with Crippen molar-refractivity contribution in [3.8, 4) is 5.75 Å². The van der Waals surface area contributed by atoms with Gasteiger partial charge in [0, 0.05) is 17.2 Å². The number of hydrogen-bond acceptors (Lipinski definition) is 6. The van der Waals surface area contributed by atoms with Crippen molar-refractivity contribution in [3.63, 3.8) is 0 Å². The molecule has 0 bridgehead atoms. The van der Waals surface area contributed by atoms with E-state index in [1.165, 1.54) is 0 Å². The molecule has 0 fully saturated rings. The number of aldehydes is 1. The number of carboxylic acid groups (broad SMARTS) is 1. The molecule has 20 heavy (non-hydrogen) atoms. The number of aliphatic hydroxyl groups excluding tert-OH is 1. The SMILES string of the molecule is O=Cc1cc([N+](=O)[O-])cc(OC(F)F)c1C(O)C(=O)O. The van der Waals surface area contributed by atoms with Gasteiger partial charge in [-0.1, -0.05) is 0 Å². The molecule has 1 atom stereocenters. The fraction of sp³-hybridized carbons (Fsp3) is 0.200. The molecule has 0 saturated heterocycles. The Labute approximate surface area is 109 Å². The second kappa shape index (κ2) is 6.02. The lowest BCUT2D eigenvalue weighted by molar-refractivity contribution is -0.385. The molecule has 8 nitrogen and oxygen atoms in total. The minimum Gasteiger partial charge on any atom is -0.479 e. The highest BCUT2D eigenvalue weighted by atomic mass is 19.3. The number of benzene rings is 1. The first kappa shape index (κ1) is 15.4. The van der Waals surface area contributed by atoms with Gasteiger partial charge in [-0.25, -0.2) is 4.79 Å². The van der Waals surface area contributed by atoms with Crippen molar-refractivity contribution in [1.82, 2.24) is 0 Å². The Bertz CT molecular complexity index is 561. The molecule has 1 aromatic carbocycles. The van der Waals surface area contributed by atoms with Crippen LogP contribution in [0, 0.1) is 10.1 Å². The van der Waals surface area contributed by atoms with Gasteiger partial charge in [0.25, 0.3) is 5.69 Å². The number of nitro benzene ring substituents is 1. The van der Waals surface area contributed by atoms with Crippen LogP contribution in [0.2, 0.25) is 0 Å². The standard InChI is InChI=1S/C10H7F2NO7/c11-10(12)20-6-2-5(13(18)19)1-4(3-14)7(6)8(15)9(16)17/h1-3,8,10,15H,(H,16,17). The largest absolute Gasteiger partial charge is 0.479 e. The quantitative estimate of drug-likeness (QED) is 0.456. The molecule has 2 N–H and O–H groups in total. The number of hydrogen-bond donors (Lipinski definition) is 2. The van der Waals surface area contributed by atoms with Crippen molar-refractivity contribution in [2.45, 2.75) is 12.7 Å². The molecule has 0 amide bonds. The van der Waals surface area contributed by atoms with Crippen molar-refractivity contribution in [2.75, 3.05) is 0 Å². The molecule has 1 rings (SSSR count). The van der Waals surface area contributed by atoms with Gasteiger partial charge in [-0.05, 0) is 0 Å². The van der Waals surface area contributed by atoms with E-state index in [0.29, 0.717) is 12.1 Å². The van der Waals surface area contributed by atoms with E-state index in [4.69, 9.17) is 5.11 Å². The fourth-order valence-corrected chi connectivity index (χ4v) is 1.45. The number of halogens is 2. The number of rotatable bonds is 6. The number of non-ortho nitro benzene ring substituents is 1. The van der Waals surface area contributed by atoms with Crippen molar-refractivity contribution in [2.24, 2.45) is 0 Å². The van der Waals surface area contributed by atoms with Gasteiger partial charge in [0.15, 0.2) is 12.4 Å². The third-order valence-electron chi connectivity index (χ3n) is 2.22. The van der Waals surface area contributed by atoms with Crippen LogP contribution in [0.25, 0.3) is 0 Å². The van der Waals surface area contributed by atoms with Crippen molar-refractivity contribution >= 4 is 17.9 Å². The summed E-state index contributed by atoms with van der Waals surface area (Å²) in [6.45, 7) is -3.42. The molecule has 0 aromatic heterocycles. The first-order chi connectivity index (χ1) is 9.27. The molecule has 0 aliphatic rings. The van der Waals surface area contributed by atoms with E-state index in [1.807, 2.05) is 0 Å². The number of carbonyl (C=O) groups excluding carboxylic acids is 1. The first-order valence-electron chi connectivity index (χ1n) is 4.91. The Hall–Kier alpha value is -2.62. The van der Waals surface area contributed by atoms with E-state index in [2.05, 4.69) is 4.74 Å². The average molecular weight is 291 g/mol.